The van der Waals surface area contributed by atoms with E-state index in [1.807, 2.05) is 16.7 Å². The summed E-state index contributed by atoms with van der Waals surface area (Å²) in [4.78, 5) is 46.3. The van der Waals surface area contributed by atoms with Crippen molar-refractivity contribution in [3.63, 3.8) is 0 Å². The molecule has 2 aromatic heterocycles. The van der Waals surface area contributed by atoms with Crippen LogP contribution in [0.4, 0.5) is 0 Å². The summed E-state index contributed by atoms with van der Waals surface area (Å²) in [7, 11) is 1.32. The summed E-state index contributed by atoms with van der Waals surface area (Å²) in [6.07, 6.45) is 1.07. The molecule has 8 nitrogen and oxygen atoms in total. The van der Waals surface area contributed by atoms with Gasteiger partial charge in [-0.05, 0) is 36.6 Å². The Bertz CT molecular complexity index is 1260. The minimum absolute atomic E-state index is 0.0672. The fourth-order valence-corrected chi connectivity index (χ4v) is 4.84. The number of methoxy groups -OCH3 is 1. The van der Waals surface area contributed by atoms with Gasteiger partial charge in [0.2, 0.25) is 0 Å². The van der Waals surface area contributed by atoms with Crippen LogP contribution >= 0.6 is 0 Å². The van der Waals surface area contributed by atoms with Crippen LogP contribution in [-0.4, -0.2) is 45.6 Å². The van der Waals surface area contributed by atoms with Crippen LogP contribution in [0.3, 0.4) is 0 Å². The SMILES string of the molecule is COC(=O)c1ccc2c(=O)[nH]c(CN3C[C@@H]4C[C@@H](C3)c3cccc(=O)n3C4)nc2c1. The molecule has 2 aliphatic heterocycles. The van der Waals surface area contributed by atoms with Gasteiger partial charge in [-0.3, -0.25) is 14.5 Å². The Kier molecular flexibility index (Phi) is 4.51. The molecule has 1 N–H and O–H groups in total. The van der Waals surface area contributed by atoms with E-state index >= 15 is 0 Å². The number of fused-ring (bicyclic) bond motifs is 5. The van der Waals surface area contributed by atoms with Gasteiger partial charge >= 0.3 is 5.97 Å². The van der Waals surface area contributed by atoms with E-state index in [1.54, 1.807) is 24.3 Å². The summed E-state index contributed by atoms with van der Waals surface area (Å²) in [6, 6.07) is 10.2. The van der Waals surface area contributed by atoms with Crippen molar-refractivity contribution >= 4 is 16.9 Å². The molecule has 30 heavy (non-hydrogen) atoms. The van der Waals surface area contributed by atoms with Crippen molar-refractivity contribution in [3.05, 3.63) is 74.2 Å². The summed E-state index contributed by atoms with van der Waals surface area (Å²) >= 11 is 0. The van der Waals surface area contributed by atoms with Crippen LogP contribution in [0.25, 0.3) is 10.9 Å². The van der Waals surface area contributed by atoms with E-state index in [2.05, 4.69) is 14.9 Å². The zero-order chi connectivity index (χ0) is 20.8. The van der Waals surface area contributed by atoms with Gasteiger partial charge in [0.1, 0.15) is 5.82 Å². The number of pyridine rings is 1. The molecule has 2 bridgehead atoms. The normalized spacial score (nSPS) is 20.7. The first-order valence-corrected chi connectivity index (χ1v) is 10.0. The molecule has 0 aliphatic carbocycles. The lowest BCUT2D eigenvalue weighted by molar-refractivity contribution is 0.0601. The molecule has 0 unspecified atom stereocenters. The predicted octanol–water partition coefficient (Wildman–Crippen LogP) is 1.49. The van der Waals surface area contributed by atoms with Crippen LogP contribution in [0.2, 0.25) is 0 Å². The number of nitrogens with zero attached hydrogens (tertiary/aromatic N) is 3. The highest BCUT2D eigenvalue weighted by Crippen LogP contribution is 2.35. The van der Waals surface area contributed by atoms with Gasteiger partial charge in [0.15, 0.2) is 0 Å². The standard InChI is InChI=1S/C22H22N4O4/c1-30-22(29)14-5-6-16-17(8-14)23-19(24-21(16)28)12-25-9-13-7-15(11-25)18-3-2-4-20(27)26(18)10-13/h2-6,8,13,15H,7,9-12H2,1H3,(H,23,24,28)/t13-,15-/m0/s1. The van der Waals surface area contributed by atoms with E-state index in [0.717, 1.165) is 31.7 Å². The van der Waals surface area contributed by atoms with Crippen molar-refractivity contribution < 1.29 is 9.53 Å². The number of aromatic amines is 1. The Labute approximate surface area is 172 Å². The van der Waals surface area contributed by atoms with Gasteiger partial charge in [-0.2, -0.15) is 0 Å². The van der Waals surface area contributed by atoms with Gasteiger partial charge in [0, 0.05) is 37.3 Å². The van der Waals surface area contributed by atoms with Gasteiger partial charge in [0.25, 0.3) is 11.1 Å². The van der Waals surface area contributed by atoms with Crippen molar-refractivity contribution in [1.29, 1.82) is 0 Å². The monoisotopic (exact) mass is 406 g/mol. The fraction of sp³-hybridized carbons (Fsp3) is 0.364. The molecule has 0 spiro atoms. The summed E-state index contributed by atoms with van der Waals surface area (Å²) < 4.78 is 6.66. The quantitative estimate of drug-likeness (QED) is 0.662. The van der Waals surface area contributed by atoms with Crippen molar-refractivity contribution in [1.82, 2.24) is 19.4 Å². The highest BCUT2D eigenvalue weighted by molar-refractivity contribution is 5.93. The molecule has 8 heteroatoms. The van der Waals surface area contributed by atoms with E-state index in [-0.39, 0.29) is 11.1 Å². The highest BCUT2D eigenvalue weighted by atomic mass is 16.5. The fourth-order valence-electron chi connectivity index (χ4n) is 4.84. The summed E-state index contributed by atoms with van der Waals surface area (Å²) in [5.41, 5.74) is 1.78. The van der Waals surface area contributed by atoms with Gasteiger partial charge in [-0.1, -0.05) is 6.07 Å². The smallest absolute Gasteiger partial charge is 0.337 e. The molecule has 1 aromatic carbocycles. The molecule has 4 heterocycles. The van der Waals surface area contributed by atoms with E-state index < -0.39 is 5.97 Å². The molecule has 2 aliphatic rings. The van der Waals surface area contributed by atoms with Gasteiger partial charge in [-0.15, -0.1) is 0 Å². The second kappa shape index (κ2) is 7.21. The number of benzene rings is 1. The number of carbonyl (C=O) groups is 1. The number of aromatic nitrogens is 3. The third kappa shape index (κ3) is 3.23. The Hall–Kier alpha value is -3.26. The molecule has 0 radical (unpaired) electrons. The molecule has 5 rings (SSSR count). The number of esters is 1. The molecule has 154 valence electrons. The molecule has 1 saturated heterocycles. The van der Waals surface area contributed by atoms with Crippen molar-refractivity contribution in [2.75, 3.05) is 20.2 Å². The van der Waals surface area contributed by atoms with Gasteiger partial charge < -0.3 is 14.3 Å². The Morgan fingerprint density at radius 1 is 1.20 bits per heavy atom. The third-order valence-electron chi connectivity index (χ3n) is 6.11. The Balaban J connectivity index is 1.43. The van der Waals surface area contributed by atoms with Gasteiger partial charge in [0.05, 0.1) is 30.1 Å². The zero-order valence-corrected chi connectivity index (χ0v) is 16.6. The maximum atomic E-state index is 12.5. The highest BCUT2D eigenvalue weighted by Gasteiger charge is 2.34. The first-order valence-electron chi connectivity index (χ1n) is 10.0. The van der Waals surface area contributed by atoms with Crippen molar-refractivity contribution in [2.24, 2.45) is 5.92 Å². The van der Waals surface area contributed by atoms with Crippen molar-refractivity contribution in [3.8, 4) is 0 Å². The Morgan fingerprint density at radius 3 is 2.90 bits per heavy atom. The van der Waals surface area contributed by atoms with Crippen LogP contribution < -0.4 is 11.1 Å². The van der Waals surface area contributed by atoms with Crippen LogP contribution in [0.5, 0.6) is 0 Å². The molecule has 2 atom stereocenters. The minimum Gasteiger partial charge on any atom is -0.465 e. The number of hydrogen-bond acceptors (Lipinski definition) is 6. The second-order valence-corrected chi connectivity index (χ2v) is 8.13. The van der Waals surface area contributed by atoms with Crippen LogP contribution in [0.1, 0.15) is 34.2 Å². The Morgan fingerprint density at radius 2 is 2.07 bits per heavy atom. The summed E-state index contributed by atoms with van der Waals surface area (Å²) in [5, 5.41) is 0.440. The topological polar surface area (TPSA) is 97.3 Å². The lowest BCUT2D eigenvalue weighted by Gasteiger charge is -2.42. The number of carbonyl (C=O) groups excluding carboxylic acids is 1. The maximum absolute atomic E-state index is 12.5. The largest absolute Gasteiger partial charge is 0.465 e. The van der Waals surface area contributed by atoms with E-state index in [0.29, 0.717) is 40.7 Å². The lowest BCUT2D eigenvalue weighted by Crippen LogP contribution is -2.46. The number of hydrogen-bond donors (Lipinski definition) is 1. The number of nitrogens with one attached hydrogen (secondary N) is 1. The second-order valence-electron chi connectivity index (χ2n) is 8.13. The van der Waals surface area contributed by atoms with Crippen LogP contribution in [0, 0.1) is 5.92 Å². The van der Waals surface area contributed by atoms with E-state index in [1.165, 1.54) is 7.11 Å². The molecule has 3 aromatic rings. The average Bonchev–Trinajstić information content (AvgIpc) is 2.73. The summed E-state index contributed by atoms with van der Waals surface area (Å²) in [5.74, 6) is 0.803. The first-order chi connectivity index (χ1) is 14.5. The molecule has 0 amide bonds. The lowest BCUT2D eigenvalue weighted by atomic mass is 9.83. The number of ether oxygens (including phenoxy) is 1. The molecule has 0 saturated carbocycles. The predicted molar refractivity (Wildman–Crippen MR) is 111 cm³/mol. The molecule has 1 fully saturated rings. The third-order valence-corrected chi connectivity index (χ3v) is 6.11. The maximum Gasteiger partial charge on any atom is 0.337 e. The van der Waals surface area contributed by atoms with Crippen molar-refractivity contribution in [2.45, 2.75) is 25.4 Å². The van der Waals surface area contributed by atoms with E-state index in [4.69, 9.17) is 4.74 Å². The van der Waals surface area contributed by atoms with Crippen LogP contribution in [0.15, 0.2) is 46.0 Å². The number of likely N-dealkylation sites (tertiary alicyclic amines) is 1. The number of rotatable bonds is 3. The average molecular weight is 406 g/mol. The first kappa shape index (κ1) is 18.7. The number of H-pyrrole nitrogens is 1. The molecular formula is C22H22N4O4. The summed E-state index contributed by atoms with van der Waals surface area (Å²) in [6.45, 7) is 2.90. The van der Waals surface area contributed by atoms with Gasteiger partial charge in [-0.25, -0.2) is 9.78 Å². The molecular weight excluding hydrogens is 384 g/mol. The van der Waals surface area contributed by atoms with Crippen LogP contribution in [-0.2, 0) is 17.8 Å². The zero-order valence-electron chi connectivity index (χ0n) is 16.6. The van der Waals surface area contributed by atoms with E-state index in [9.17, 15) is 14.4 Å². The number of piperidine rings is 1. The minimum atomic E-state index is -0.460.